The van der Waals surface area contributed by atoms with Crippen molar-refractivity contribution in [1.29, 1.82) is 0 Å². The molecule has 1 heterocycles. The topological polar surface area (TPSA) is 66.5 Å². The van der Waals surface area contributed by atoms with Gasteiger partial charge in [-0.3, -0.25) is 9.52 Å². The molecular formula is C15H21FN2O3S. The molecule has 0 spiro atoms. The Balaban J connectivity index is 2.21. The molecule has 7 heteroatoms. The first-order valence-electron chi connectivity index (χ1n) is 7.33. The van der Waals surface area contributed by atoms with Gasteiger partial charge in [-0.05, 0) is 43.4 Å². The van der Waals surface area contributed by atoms with Gasteiger partial charge in [-0.1, -0.05) is 6.92 Å². The summed E-state index contributed by atoms with van der Waals surface area (Å²) in [5.74, 6) is -0.300. The first kappa shape index (κ1) is 16.7. The van der Waals surface area contributed by atoms with Crippen LogP contribution in [0.25, 0.3) is 0 Å². The van der Waals surface area contributed by atoms with E-state index in [0.717, 1.165) is 31.6 Å². The minimum atomic E-state index is -3.60. The minimum absolute atomic E-state index is 0.189. The van der Waals surface area contributed by atoms with Crippen molar-refractivity contribution in [2.24, 2.45) is 5.92 Å². The van der Waals surface area contributed by atoms with Gasteiger partial charge in [-0.2, -0.15) is 0 Å². The third-order valence-electron chi connectivity index (χ3n) is 3.81. The Kier molecular flexibility index (Phi) is 5.05. The van der Waals surface area contributed by atoms with Gasteiger partial charge in [0.05, 0.1) is 11.9 Å². The Morgan fingerprint density at radius 2 is 2.05 bits per heavy atom. The van der Waals surface area contributed by atoms with Gasteiger partial charge in [0.1, 0.15) is 5.82 Å². The number of likely N-dealkylation sites (tertiary alicyclic amines) is 1. The van der Waals surface area contributed by atoms with Crippen LogP contribution < -0.4 is 4.72 Å². The first-order valence-corrected chi connectivity index (χ1v) is 9.22. The lowest BCUT2D eigenvalue weighted by molar-refractivity contribution is 0.0760. The van der Waals surface area contributed by atoms with Crippen LogP contribution in [0.4, 0.5) is 10.1 Å². The lowest BCUT2D eigenvalue weighted by atomic mass is 10.0. The molecule has 1 aliphatic heterocycles. The van der Waals surface area contributed by atoms with Crippen LogP contribution in [0, 0.1) is 11.7 Å². The molecule has 0 saturated carbocycles. The number of nitrogens with zero attached hydrogens (tertiary/aromatic N) is 1. The van der Waals surface area contributed by atoms with Gasteiger partial charge in [0.25, 0.3) is 5.91 Å². The molecule has 5 nitrogen and oxygen atoms in total. The number of hydrogen-bond donors (Lipinski definition) is 1. The number of carbonyl (C=O) groups is 1. The molecule has 1 N–H and O–H groups in total. The predicted octanol–water partition coefficient (Wildman–Crippen LogP) is 2.46. The second-order valence-electron chi connectivity index (χ2n) is 5.90. The van der Waals surface area contributed by atoms with Gasteiger partial charge in [-0.25, -0.2) is 12.8 Å². The number of halogens is 1. The van der Waals surface area contributed by atoms with Gasteiger partial charge >= 0.3 is 0 Å². The lowest BCUT2D eigenvalue weighted by Crippen LogP contribution is -2.32. The fourth-order valence-electron chi connectivity index (χ4n) is 2.58. The summed E-state index contributed by atoms with van der Waals surface area (Å²) in [5.41, 5.74) is 0.0960. The Morgan fingerprint density at radius 3 is 2.73 bits per heavy atom. The van der Waals surface area contributed by atoms with Gasteiger partial charge < -0.3 is 4.90 Å². The smallest absolute Gasteiger partial charge is 0.253 e. The summed E-state index contributed by atoms with van der Waals surface area (Å²) in [6, 6.07) is 3.76. The summed E-state index contributed by atoms with van der Waals surface area (Å²) in [5, 5.41) is 0. The number of benzene rings is 1. The zero-order valence-electron chi connectivity index (χ0n) is 12.8. The van der Waals surface area contributed by atoms with Crippen molar-refractivity contribution >= 4 is 21.6 Å². The van der Waals surface area contributed by atoms with E-state index < -0.39 is 15.8 Å². The SMILES string of the molecule is C[C@@H]1CCCN(C(=O)c2ccc(F)c(NS(C)(=O)=O)c2)CC1. The van der Waals surface area contributed by atoms with Crippen molar-refractivity contribution in [1.82, 2.24) is 4.90 Å². The van der Waals surface area contributed by atoms with E-state index in [2.05, 4.69) is 11.6 Å². The second-order valence-corrected chi connectivity index (χ2v) is 7.65. The second kappa shape index (κ2) is 6.64. The van der Waals surface area contributed by atoms with E-state index in [4.69, 9.17) is 0 Å². The monoisotopic (exact) mass is 328 g/mol. The third-order valence-corrected chi connectivity index (χ3v) is 4.40. The lowest BCUT2D eigenvalue weighted by Gasteiger charge is -2.21. The van der Waals surface area contributed by atoms with E-state index in [9.17, 15) is 17.6 Å². The molecule has 122 valence electrons. The Labute approximate surface area is 130 Å². The average molecular weight is 328 g/mol. The molecule has 1 fully saturated rings. The van der Waals surface area contributed by atoms with E-state index in [0.29, 0.717) is 24.6 Å². The number of amides is 1. The number of hydrogen-bond acceptors (Lipinski definition) is 3. The van der Waals surface area contributed by atoms with E-state index >= 15 is 0 Å². The molecule has 0 aromatic heterocycles. The van der Waals surface area contributed by atoms with Crippen LogP contribution in [-0.4, -0.2) is 38.6 Å². The molecule has 1 saturated heterocycles. The maximum Gasteiger partial charge on any atom is 0.253 e. The Hall–Kier alpha value is -1.63. The van der Waals surface area contributed by atoms with E-state index in [1.807, 2.05) is 0 Å². The van der Waals surface area contributed by atoms with Gasteiger partial charge in [-0.15, -0.1) is 0 Å². The number of anilines is 1. The molecule has 1 atom stereocenters. The maximum atomic E-state index is 13.7. The maximum absolute atomic E-state index is 13.7. The van der Waals surface area contributed by atoms with E-state index in [1.165, 1.54) is 12.1 Å². The van der Waals surface area contributed by atoms with E-state index in [-0.39, 0.29) is 11.6 Å². The van der Waals surface area contributed by atoms with Crippen LogP contribution in [0.15, 0.2) is 18.2 Å². The van der Waals surface area contributed by atoms with Crippen molar-refractivity contribution in [3.63, 3.8) is 0 Å². The quantitative estimate of drug-likeness (QED) is 0.927. The first-order chi connectivity index (χ1) is 10.3. The van der Waals surface area contributed by atoms with E-state index in [1.54, 1.807) is 4.90 Å². The fraction of sp³-hybridized carbons (Fsp3) is 0.533. The summed E-state index contributed by atoms with van der Waals surface area (Å²) in [6.07, 6.45) is 3.93. The average Bonchev–Trinajstić information content (AvgIpc) is 2.64. The van der Waals surface area contributed by atoms with Crippen LogP contribution in [0.3, 0.4) is 0 Å². The standard InChI is InChI=1S/C15H21FN2O3S/c1-11-4-3-8-18(9-7-11)15(19)12-5-6-13(16)14(10-12)17-22(2,20)21/h5-6,10-11,17H,3-4,7-9H2,1-2H3/t11-/m1/s1. The molecule has 1 aromatic rings. The molecule has 1 aliphatic rings. The number of sulfonamides is 1. The Morgan fingerprint density at radius 1 is 1.32 bits per heavy atom. The van der Waals surface area contributed by atoms with Gasteiger partial charge in [0, 0.05) is 18.7 Å². The van der Waals surface area contributed by atoms with Gasteiger partial charge in [0.2, 0.25) is 10.0 Å². The van der Waals surface area contributed by atoms with Crippen LogP contribution >= 0.6 is 0 Å². The highest BCUT2D eigenvalue weighted by molar-refractivity contribution is 7.92. The number of carbonyl (C=O) groups excluding carboxylic acids is 1. The normalized spacial score (nSPS) is 19.6. The molecule has 1 amide bonds. The molecule has 2 rings (SSSR count). The van der Waals surface area contributed by atoms with Crippen LogP contribution in [-0.2, 0) is 10.0 Å². The van der Waals surface area contributed by atoms with Crippen molar-refractivity contribution < 1.29 is 17.6 Å². The predicted molar refractivity (Wildman–Crippen MR) is 83.8 cm³/mol. The zero-order chi connectivity index (χ0) is 16.3. The van der Waals surface area contributed by atoms with Crippen molar-refractivity contribution in [3.8, 4) is 0 Å². The summed E-state index contributed by atoms with van der Waals surface area (Å²) < 4.78 is 38.3. The van der Waals surface area contributed by atoms with Gasteiger partial charge in [0.15, 0.2) is 0 Å². The molecule has 0 bridgehead atoms. The third kappa shape index (κ3) is 4.43. The summed E-state index contributed by atoms with van der Waals surface area (Å²) >= 11 is 0. The number of rotatable bonds is 3. The Bertz CT molecular complexity index is 661. The van der Waals surface area contributed by atoms with Crippen LogP contribution in [0.2, 0.25) is 0 Å². The molecule has 1 aromatic carbocycles. The summed E-state index contributed by atoms with van der Waals surface area (Å²) in [7, 11) is -3.60. The number of nitrogens with one attached hydrogen (secondary N) is 1. The molecular weight excluding hydrogens is 307 g/mol. The fourth-order valence-corrected chi connectivity index (χ4v) is 3.14. The van der Waals surface area contributed by atoms with Crippen LogP contribution in [0.5, 0.6) is 0 Å². The zero-order valence-corrected chi connectivity index (χ0v) is 13.6. The highest BCUT2D eigenvalue weighted by atomic mass is 32.2. The van der Waals surface area contributed by atoms with Crippen molar-refractivity contribution in [2.75, 3.05) is 24.1 Å². The molecule has 0 radical (unpaired) electrons. The molecule has 22 heavy (non-hydrogen) atoms. The highest BCUT2D eigenvalue weighted by Crippen LogP contribution is 2.21. The van der Waals surface area contributed by atoms with Crippen molar-refractivity contribution in [3.05, 3.63) is 29.6 Å². The summed E-state index contributed by atoms with van der Waals surface area (Å²) in [6.45, 7) is 3.52. The molecule has 0 aliphatic carbocycles. The summed E-state index contributed by atoms with van der Waals surface area (Å²) in [4.78, 5) is 14.3. The highest BCUT2D eigenvalue weighted by Gasteiger charge is 2.21. The molecule has 0 unspecified atom stereocenters. The van der Waals surface area contributed by atoms with Crippen LogP contribution in [0.1, 0.15) is 36.5 Å². The minimum Gasteiger partial charge on any atom is -0.339 e. The largest absolute Gasteiger partial charge is 0.339 e. The van der Waals surface area contributed by atoms with Crippen molar-refractivity contribution in [2.45, 2.75) is 26.2 Å².